The third kappa shape index (κ3) is 4.65. The molecule has 0 fully saturated rings. The normalized spacial score (nSPS) is 19.8. The van der Waals surface area contributed by atoms with E-state index in [1.807, 2.05) is 80.5 Å². The van der Waals surface area contributed by atoms with Gasteiger partial charge in [-0.25, -0.2) is 4.68 Å². The SMILES string of the molecule is CCOC(=O)C1CC(C(=O)OCC)C2=C(C1=O)C(c1ccc(N(C)C)cc1)Nc1c2c(C)nn1-c1ccccc1. The number of carbonyl (C=O) groups excluding carboxylic acids is 3. The van der Waals surface area contributed by atoms with Crippen LogP contribution in [0, 0.1) is 18.8 Å². The molecule has 5 rings (SSSR count). The largest absolute Gasteiger partial charge is 0.466 e. The molecule has 2 heterocycles. The minimum absolute atomic E-state index is 0.0168. The van der Waals surface area contributed by atoms with Gasteiger partial charge in [-0.05, 0) is 62.6 Å². The van der Waals surface area contributed by atoms with Crippen molar-refractivity contribution in [1.29, 1.82) is 0 Å². The van der Waals surface area contributed by atoms with Crippen molar-refractivity contribution in [1.82, 2.24) is 9.78 Å². The molecule has 1 aliphatic carbocycles. The quantitative estimate of drug-likeness (QED) is 0.344. The van der Waals surface area contributed by atoms with E-state index in [1.54, 1.807) is 18.5 Å². The number of ether oxygens (including phenoxy) is 2. The zero-order valence-electron chi connectivity index (χ0n) is 23.4. The molecule has 0 saturated carbocycles. The van der Waals surface area contributed by atoms with Crippen molar-refractivity contribution in [3.05, 3.63) is 77.0 Å². The maximum Gasteiger partial charge on any atom is 0.316 e. The molecule has 2 aromatic carbocycles. The molecule has 3 unspecified atom stereocenters. The number of aromatic nitrogens is 2. The number of fused-ring (bicyclic) bond motifs is 2. The Morgan fingerprint density at radius 3 is 2.17 bits per heavy atom. The first-order valence-corrected chi connectivity index (χ1v) is 13.6. The Labute approximate surface area is 233 Å². The molecule has 0 spiro atoms. The molecule has 40 heavy (non-hydrogen) atoms. The van der Waals surface area contributed by atoms with E-state index in [-0.39, 0.29) is 25.4 Å². The van der Waals surface area contributed by atoms with E-state index < -0.39 is 29.8 Å². The topological polar surface area (TPSA) is 103 Å². The monoisotopic (exact) mass is 542 g/mol. The first-order valence-electron chi connectivity index (χ1n) is 13.6. The van der Waals surface area contributed by atoms with Crippen molar-refractivity contribution in [3.8, 4) is 5.69 Å². The van der Waals surface area contributed by atoms with Crippen molar-refractivity contribution in [3.63, 3.8) is 0 Å². The van der Waals surface area contributed by atoms with Gasteiger partial charge in [0.25, 0.3) is 0 Å². The molecular formula is C31H34N4O5. The zero-order chi connectivity index (χ0) is 28.6. The fourth-order valence-corrected chi connectivity index (χ4v) is 5.64. The summed E-state index contributed by atoms with van der Waals surface area (Å²) >= 11 is 0. The lowest BCUT2D eigenvalue weighted by Crippen LogP contribution is -2.41. The molecule has 208 valence electrons. The number of benzene rings is 2. The van der Waals surface area contributed by atoms with Crippen LogP contribution in [0.1, 0.15) is 43.1 Å². The number of hydrogen-bond donors (Lipinski definition) is 1. The number of para-hydroxylation sites is 1. The summed E-state index contributed by atoms with van der Waals surface area (Å²) in [6.07, 6.45) is -0.0168. The van der Waals surface area contributed by atoms with Crippen molar-refractivity contribution in [2.24, 2.45) is 11.8 Å². The maximum absolute atomic E-state index is 14.2. The van der Waals surface area contributed by atoms with E-state index in [2.05, 4.69) is 5.32 Å². The molecule has 1 aliphatic heterocycles. The molecule has 0 amide bonds. The molecule has 1 N–H and O–H groups in total. The van der Waals surface area contributed by atoms with Crippen molar-refractivity contribution >= 4 is 34.8 Å². The van der Waals surface area contributed by atoms with E-state index in [1.165, 1.54) is 0 Å². The minimum Gasteiger partial charge on any atom is -0.466 e. The van der Waals surface area contributed by atoms with Crippen LogP contribution in [-0.4, -0.2) is 54.8 Å². The number of rotatable bonds is 7. The van der Waals surface area contributed by atoms with Crippen LogP contribution in [-0.2, 0) is 23.9 Å². The summed E-state index contributed by atoms with van der Waals surface area (Å²) in [6, 6.07) is 16.9. The summed E-state index contributed by atoms with van der Waals surface area (Å²) in [4.78, 5) is 42.7. The fraction of sp³-hybridized carbons (Fsp3) is 0.355. The number of carbonyl (C=O) groups is 3. The Morgan fingerprint density at radius 1 is 0.950 bits per heavy atom. The Kier molecular flexibility index (Phi) is 7.47. The molecule has 0 saturated heterocycles. The second-order valence-corrected chi connectivity index (χ2v) is 10.2. The highest BCUT2D eigenvalue weighted by Crippen LogP contribution is 2.51. The van der Waals surface area contributed by atoms with Gasteiger partial charge < -0.3 is 19.7 Å². The Hall–Kier alpha value is -4.40. The van der Waals surface area contributed by atoms with Crippen LogP contribution in [0.3, 0.4) is 0 Å². The molecule has 2 aliphatic rings. The average Bonchev–Trinajstić information content (AvgIpc) is 3.29. The van der Waals surface area contributed by atoms with Crippen LogP contribution < -0.4 is 10.2 Å². The van der Waals surface area contributed by atoms with E-state index in [4.69, 9.17) is 14.6 Å². The van der Waals surface area contributed by atoms with Crippen LogP contribution in [0.15, 0.2) is 60.2 Å². The second kappa shape index (κ2) is 11.0. The molecule has 9 heteroatoms. The van der Waals surface area contributed by atoms with Gasteiger partial charge in [-0.1, -0.05) is 30.3 Å². The molecule has 9 nitrogen and oxygen atoms in total. The smallest absolute Gasteiger partial charge is 0.316 e. The Morgan fingerprint density at radius 2 is 1.57 bits per heavy atom. The van der Waals surface area contributed by atoms with Gasteiger partial charge in [0.05, 0.1) is 36.6 Å². The highest BCUT2D eigenvalue weighted by atomic mass is 16.5. The van der Waals surface area contributed by atoms with Gasteiger partial charge in [0.15, 0.2) is 5.78 Å². The first-order chi connectivity index (χ1) is 19.3. The molecular weight excluding hydrogens is 508 g/mol. The van der Waals surface area contributed by atoms with Crippen molar-refractivity contribution in [2.45, 2.75) is 33.2 Å². The lowest BCUT2D eigenvalue weighted by atomic mass is 9.69. The van der Waals surface area contributed by atoms with Crippen LogP contribution in [0.4, 0.5) is 11.5 Å². The van der Waals surface area contributed by atoms with E-state index in [0.29, 0.717) is 28.2 Å². The fourth-order valence-electron chi connectivity index (χ4n) is 5.64. The Bertz CT molecular complexity index is 1470. The number of anilines is 2. The first kappa shape index (κ1) is 27.2. The molecule has 0 radical (unpaired) electrons. The third-order valence-electron chi connectivity index (χ3n) is 7.48. The summed E-state index contributed by atoms with van der Waals surface area (Å²) in [6.45, 7) is 5.62. The Balaban J connectivity index is 1.77. The lowest BCUT2D eigenvalue weighted by Gasteiger charge is -2.38. The number of nitrogens with zero attached hydrogens (tertiary/aromatic N) is 3. The number of nitrogens with one attached hydrogen (secondary N) is 1. The van der Waals surface area contributed by atoms with Gasteiger partial charge in [-0.15, -0.1) is 0 Å². The minimum atomic E-state index is -1.11. The average molecular weight is 543 g/mol. The van der Waals surface area contributed by atoms with Crippen LogP contribution >= 0.6 is 0 Å². The van der Waals surface area contributed by atoms with Crippen molar-refractivity contribution < 1.29 is 23.9 Å². The predicted molar refractivity (Wildman–Crippen MR) is 152 cm³/mol. The molecule has 3 aromatic rings. The van der Waals surface area contributed by atoms with Crippen LogP contribution in [0.5, 0.6) is 0 Å². The summed E-state index contributed by atoms with van der Waals surface area (Å²) in [5, 5.41) is 8.39. The summed E-state index contributed by atoms with van der Waals surface area (Å²) in [7, 11) is 3.92. The third-order valence-corrected chi connectivity index (χ3v) is 7.48. The number of esters is 2. The van der Waals surface area contributed by atoms with Crippen LogP contribution in [0.2, 0.25) is 0 Å². The predicted octanol–water partition coefficient (Wildman–Crippen LogP) is 4.50. The summed E-state index contributed by atoms with van der Waals surface area (Å²) in [5.74, 6) is -2.71. The highest BCUT2D eigenvalue weighted by molar-refractivity contribution is 6.18. The van der Waals surface area contributed by atoms with Gasteiger partial charge in [0.1, 0.15) is 11.7 Å². The standard InChI is InChI=1S/C31H34N4O5/c1-6-39-30(37)22-17-23(31(38)40-7-2)28(36)26-25(22)24-18(3)33-35(21-11-9-8-10-12-21)29(24)32-27(26)19-13-15-20(16-14-19)34(4)5/h8-16,22-23,27,32H,6-7,17H2,1-5H3. The number of ketones is 1. The second-order valence-electron chi connectivity index (χ2n) is 10.2. The highest BCUT2D eigenvalue weighted by Gasteiger charge is 2.50. The van der Waals surface area contributed by atoms with Crippen LogP contribution in [0.25, 0.3) is 11.3 Å². The van der Waals surface area contributed by atoms with Gasteiger partial charge in [0.2, 0.25) is 0 Å². The lowest BCUT2D eigenvalue weighted by molar-refractivity contribution is -0.153. The maximum atomic E-state index is 14.2. The summed E-state index contributed by atoms with van der Waals surface area (Å²) < 4.78 is 12.6. The van der Waals surface area contributed by atoms with Gasteiger partial charge in [0, 0.05) is 30.9 Å². The van der Waals surface area contributed by atoms with E-state index >= 15 is 0 Å². The summed E-state index contributed by atoms with van der Waals surface area (Å²) in [5.41, 5.74) is 4.96. The molecule has 1 aromatic heterocycles. The van der Waals surface area contributed by atoms with Gasteiger partial charge in [-0.2, -0.15) is 5.10 Å². The number of Topliss-reactive ketones (excluding diaryl/α,β-unsaturated/α-hetero) is 1. The van der Waals surface area contributed by atoms with Gasteiger partial charge in [-0.3, -0.25) is 14.4 Å². The molecule has 0 bridgehead atoms. The van der Waals surface area contributed by atoms with Gasteiger partial charge >= 0.3 is 11.9 Å². The van der Waals surface area contributed by atoms with E-state index in [0.717, 1.165) is 16.9 Å². The van der Waals surface area contributed by atoms with Crippen molar-refractivity contribution in [2.75, 3.05) is 37.5 Å². The van der Waals surface area contributed by atoms with E-state index in [9.17, 15) is 14.4 Å². The number of aryl methyl sites for hydroxylation is 1. The zero-order valence-corrected chi connectivity index (χ0v) is 23.4. The molecule has 3 atom stereocenters. The number of hydrogen-bond acceptors (Lipinski definition) is 8.